The first-order chi connectivity index (χ1) is 14.3. The molecule has 1 aromatic carbocycles. The van der Waals surface area contributed by atoms with Crippen LogP contribution < -0.4 is 15.5 Å². The first kappa shape index (κ1) is 16.7. The van der Waals surface area contributed by atoms with Gasteiger partial charge in [-0.05, 0) is 31.0 Å². The molecule has 29 heavy (non-hydrogen) atoms. The topological polar surface area (TPSA) is 70.9 Å². The zero-order chi connectivity index (χ0) is 19.2. The minimum Gasteiger partial charge on any atom is -0.368 e. The average molecular weight is 385 g/mol. The lowest BCUT2D eigenvalue weighted by atomic mass is 10.2. The van der Waals surface area contributed by atoms with E-state index in [-0.39, 0.29) is 0 Å². The van der Waals surface area contributed by atoms with Gasteiger partial charge in [-0.2, -0.15) is 0 Å². The Morgan fingerprint density at radius 2 is 1.79 bits per heavy atom. The molecule has 6 rings (SSSR count). The number of pyridine rings is 1. The highest BCUT2D eigenvalue weighted by Gasteiger charge is 2.25. The molecule has 0 atom stereocenters. The van der Waals surface area contributed by atoms with Crippen molar-refractivity contribution < 1.29 is 0 Å². The van der Waals surface area contributed by atoms with Gasteiger partial charge in [0, 0.05) is 55.4 Å². The predicted octanol–water partition coefficient (Wildman–Crippen LogP) is 3.47. The fraction of sp³-hybridized carbons (Fsp3) is 0.318. The fourth-order valence-electron chi connectivity index (χ4n) is 4.14. The molecule has 146 valence electrons. The number of aromatic nitrogens is 4. The number of hydrogen-bond acceptors (Lipinski definition) is 6. The summed E-state index contributed by atoms with van der Waals surface area (Å²) in [5, 5.41) is 8.94. The van der Waals surface area contributed by atoms with Gasteiger partial charge in [-0.25, -0.2) is 15.0 Å². The van der Waals surface area contributed by atoms with Crippen molar-refractivity contribution >= 4 is 39.3 Å². The molecule has 0 radical (unpaired) electrons. The van der Waals surface area contributed by atoms with Gasteiger partial charge in [0.1, 0.15) is 11.3 Å². The molecule has 7 nitrogen and oxygen atoms in total. The number of hydrogen-bond donors (Lipinski definition) is 2. The normalized spacial score (nSPS) is 17.2. The first-order valence-corrected chi connectivity index (χ1v) is 10.3. The van der Waals surface area contributed by atoms with E-state index >= 15 is 0 Å². The van der Waals surface area contributed by atoms with Crippen molar-refractivity contribution in [2.75, 3.05) is 36.4 Å². The Balaban J connectivity index is 1.31. The third kappa shape index (κ3) is 3.07. The van der Waals surface area contributed by atoms with Gasteiger partial charge in [0.25, 0.3) is 0 Å². The number of nitrogens with one attached hydrogen (secondary N) is 2. The lowest BCUT2D eigenvalue weighted by molar-refractivity contribution is 0.589. The molecule has 0 amide bonds. The average Bonchev–Trinajstić information content (AvgIpc) is 3.53. The number of benzene rings is 1. The quantitative estimate of drug-likeness (QED) is 0.561. The predicted molar refractivity (Wildman–Crippen MR) is 116 cm³/mol. The minimum atomic E-state index is 0.580. The first-order valence-electron chi connectivity index (χ1n) is 10.3. The molecule has 2 N–H and O–H groups in total. The van der Waals surface area contributed by atoms with Crippen LogP contribution in [0.1, 0.15) is 18.9 Å². The van der Waals surface area contributed by atoms with Crippen LogP contribution in [0, 0.1) is 0 Å². The Morgan fingerprint density at radius 1 is 0.931 bits per heavy atom. The van der Waals surface area contributed by atoms with E-state index in [0.717, 1.165) is 48.6 Å². The number of fused-ring (bicyclic) bond motifs is 3. The van der Waals surface area contributed by atoms with Crippen LogP contribution in [0.3, 0.4) is 0 Å². The standard InChI is InChI=1S/C22H23N7/c1-2-16-13-25-22(27-20(16)21-15(1)7-10-29(21)17-3-4-17)26-19-6-5-18(14-24-19)28-11-8-23-9-12-28/h1-2,5-7,10,13-14,17,23H,3-4,8-9,11-12H2,(H,24,25,26,27). The highest BCUT2D eigenvalue weighted by atomic mass is 15.2. The number of anilines is 3. The van der Waals surface area contributed by atoms with Crippen molar-refractivity contribution in [3.05, 3.63) is 48.9 Å². The largest absolute Gasteiger partial charge is 0.368 e. The maximum absolute atomic E-state index is 4.85. The van der Waals surface area contributed by atoms with Gasteiger partial charge in [0.05, 0.1) is 17.4 Å². The van der Waals surface area contributed by atoms with Gasteiger partial charge in [-0.15, -0.1) is 0 Å². The van der Waals surface area contributed by atoms with E-state index in [2.05, 4.69) is 60.5 Å². The monoisotopic (exact) mass is 385 g/mol. The van der Waals surface area contributed by atoms with Gasteiger partial charge in [-0.1, -0.05) is 12.1 Å². The third-order valence-corrected chi connectivity index (χ3v) is 5.84. The van der Waals surface area contributed by atoms with Crippen molar-refractivity contribution in [1.29, 1.82) is 0 Å². The smallest absolute Gasteiger partial charge is 0.228 e. The van der Waals surface area contributed by atoms with Crippen LogP contribution in [0.4, 0.5) is 17.5 Å². The third-order valence-electron chi connectivity index (χ3n) is 5.84. The fourth-order valence-corrected chi connectivity index (χ4v) is 4.14. The van der Waals surface area contributed by atoms with E-state index in [0.29, 0.717) is 12.0 Å². The van der Waals surface area contributed by atoms with Crippen molar-refractivity contribution in [2.45, 2.75) is 18.9 Å². The van der Waals surface area contributed by atoms with E-state index in [9.17, 15) is 0 Å². The van der Waals surface area contributed by atoms with E-state index in [1.807, 2.05) is 18.5 Å². The molecular weight excluding hydrogens is 362 g/mol. The second kappa shape index (κ2) is 6.70. The summed E-state index contributed by atoms with van der Waals surface area (Å²) in [5.74, 6) is 1.34. The SMILES string of the molecule is c1cc(Nc2ncc3ccc4ccn(C5CC5)c4c3n2)ncc1N1CCNCC1. The number of piperazine rings is 1. The molecule has 4 heterocycles. The highest BCUT2D eigenvalue weighted by molar-refractivity contribution is 6.03. The minimum absolute atomic E-state index is 0.580. The lowest BCUT2D eigenvalue weighted by Gasteiger charge is -2.29. The van der Waals surface area contributed by atoms with E-state index < -0.39 is 0 Å². The Hall–Kier alpha value is -3.19. The maximum Gasteiger partial charge on any atom is 0.228 e. The van der Waals surface area contributed by atoms with Crippen LogP contribution >= 0.6 is 0 Å². The highest BCUT2D eigenvalue weighted by Crippen LogP contribution is 2.39. The van der Waals surface area contributed by atoms with E-state index in [1.54, 1.807) is 0 Å². The summed E-state index contributed by atoms with van der Waals surface area (Å²) in [6.07, 6.45) is 8.50. The Morgan fingerprint density at radius 3 is 2.59 bits per heavy atom. The number of nitrogens with zero attached hydrogens (tertiary/aromatic N) is 5. The summed E-state index contributed by atoms with van der Waals surface area (Å²) in [5.41, 5.74) is 3.35. The Labute approximate surface area is 168 Å². The molecule has 1 aliphatic heterocycles. The molecule has 1 saturated heterocycles. The Kier molecular flexibility index (Phi) is 3.87. The molecule has 2 aliphatic rings. The van der Waals surface area contributed by atoms with Crippen LogP contribution in [0.25, 0.3) is 21.8 Å². The van der Waals surface area contributed by atoms with Gasteiger partial charge in [0.15, 0.2) is 0 Å². The van der Waals surface area contributed by atoms with Crippen LogP contribution in [0.15, 0.2) is 48.9 Å². The number of rotatable bonds is 4. The molecule has 7 heteroatoms. The summed E-state index contributed by atoms with van der Waals surface area (Å²) < 4.78 is 2.37. The van der Waals surface area contributed by atoms with Gasteiger partial charge >= 0.3 is 0 Å². The van der Waals surface area contributed by atoms with Gasteiger partial charge in [0.2, 0.25) is 5.95 Å². The van der Waals surface area contributed by atoms with E-state index in [4.69, 9.17) is 4.98 Å². The van der Waals surface area contributed by atoms with Gasteiger partial charge < -0.3 is 20.1 Å². The van der Waals surface area contributed by atoms with Crippen molar-refractivity contribution in [3.63, 3.8) is 0 Å². The summed E-state index contributed by atoms with van der Waals surface area (Å²) in [4.78, 5) is 16.3. The van der Waals surface area contributed by atoms with Crippen LogP contribution in [0.5, 0.6) is 0 Å². The second-order valence-corrected chi connectivity index (χ2v) is 7.85. The molecule has 0 spiro atoms. The van der Waals surface area contributed by atoms with Gasteiger partial charge in [-0.3, -0.25) is 0 Å². The lowest BCUT2D eigenvalue weighted by Crippen LogP contribution is -2.43. The maximum atomic E-state index is 4.85. The van der Waals surface area contributed by atoms with Crippen LogP contribution in [0.2, 0.25) is 0 Å². The molecule has 4 aromatic rings. The molecule has 0 unspecified atom stereocenters. The zero-order valence-corrected chi connectivity index (χ0v) is 16.2. The van der Waals surface area contributed by atoms with Crippen molar-refractivity contribution in [1.82, 2.24) is 24.8 Å². The summed E-state index contributed by atoms with van der Waals surface area (Å²) in [6, 6.07) is 11.2. The summed E-state index contributed by atoms with van der Waals surface area (Å²) in [6.45, 7) is 4.06. The molecule has 2 fully saturated rings. The van der Waals surface area contributed by atoms with Crippen molar-refractivity contribution in [3.8, 4) is 0 Å². The van der Waals surface area contributed by atoms with Crippen LogP contribution in [-0.2, 0) is 0 Å². The molecular formula is C22H23N7. The molecule has 3 aromatic heterocycles. The summed E-state index contributed by atoms with van der Waals surface area (Å²) >= 11 is 0. The molecule has 0 bridgehead atoms. The van der Waals surface area contributed by atoms with E-state index in [1.165, 1.54) is 23.7 Å². The van der Waals surface area contributed by atoms with Crippen LogP contribution in [-0.4, -0.2) is 45.7 Å². The molecule has 1 saturated carbocycles. The second-order valence-electron chi connectivity index (χ2n) is 7.85. The molecule has 1 aliphatic carbocycles. The Bertz CT molecular complexity index is 1170. The van der Waals surface area contributed by atoms with Crippen molar-refractivity contribution in [2.24, 2.45) is 0 Å². The zero-order valence-electron chi connectivity index (χ0n) is 16.2. The summed E-state index contributed by atoms with van der Waals surface area (Å²) in [7, 11) is 0.